The second-order valence-electron chi connectivity index (χ2n) is 7.58. The molecular formula is C21H25ClN2O2S+2. The summed E-state index contributed by atoms with van der Waals surface area (Å²) in [6.45, 7) is 10.6. The summed E-state index contributed by atoms with van der Waals surface area (Å²) in [5.74, 6) is 0. The van der Waals surface area contributed by atoms with E-state index in [0.29, 0.717) is 5.58 Å². The normalized spacial score (nSPS) is 20.3. The van der Waals surface area contributed by atoms with E-state index in [1.807, 2.05) is 12.1 Å². The van der Waals surface area contributed by atoms with Crippen molar-refractivity contribution >= 4 is 33.9 Å². The van der Waals surface area contributed by atoms with Crippen LogP contribution in [0.2, 0.25) is 4.34 Å². The van der Waals surface area contributed by atoms with Gasteiger partial charge in [0.1, 0.15) is 44.9 Å². The lowest BCUT2D eigenvalue weighted by molar-refractivity contribution is -1.02. The first kappa shape index (κ1) is 18.7. The quantitative estimate of drug-likeness (QED) is 0.648. The van der Waals surface area contributed by atoms with Gasteiger partial charge in [-0.05, 0) is 49.2 Å². The van der Waals surface area contributed by atoms with Crippen molar-refractivity contribution < 1.29 is 14.2 Å². The summed E-state index contributed by atoms with van der Waals surface area (Å²) in [5.41, 5.74) is 3.95. The third-order valence-corrected chi connectivity index (χ3v) is 6.83. The molecule has 1 aromatic carbocycles. The van der Waals surface area contributed by atoms with Gasteiger partial charge in [-0.2, -0.15) is 0 Å². The predicted octanol–water partition coefficient (Wildman–Crippen LogP) is 1.61. The van der Waals surface area contributed by atoms with Gasteiger partial charge < -0.3 is 14.2 Å². The van der Waals surface area contributed by atoms with Crippen molar-refractivity contribution in [1.29, 1.82) is 0 Å². The zero-order valence-electron chi connectivity index (χ0n) is 15.7. The molecule has 2 N–H and O–H groups in total. The van der Waals surface area contributed by atoms with Crippen LogP contribution < -0.4 is 15.4 Å². The van der Waals surface area contributed by atoms with E-state index in [9.17, 15) is 4.79 Å². The van der Waals surface area contributed by atoms with E-state index in [1.54, 1.807) is 22.3 Å². The number of rotatable bonds is 4. The van der Waals surface area contributed by atoms with Crippen molar-refractivity contribution in [2.75, 3.05) is 26.2 Å². The number of hydrogen-bond acceptors (Lipinski definition) is 3. The molecule has 1 saturated heterocycles. The highest BCUT2D eigenvalue weighted by molar-refractivity contribution is 7.16. The van der Waals surface area contributed by atoms with Gasteiger partial charge in [-0.3, -0.25) is 0 Å². The molecule has 4 rings (SSSR count). The SMILES string of the molecule is Cc1cc2oc(=O)cc(C[NH+]3CC[NH+](Cc4ccc(Cl)s4)CC3)c2cc1C. The maximum absolute atomic E-state index is 12.0. The van der Waals surface area contributed by atoms with Gasteiger partial charge in [0.05, 0.1) is 9.21 Å². The summed E-state index contributed by atoms with van der Waals surface area (Å²) in [6, 6.07) is 9.94. The molecule has 1 aliphatic rings. The van der Waals surface area contributed by atoms with Crippen LogP contribution in [-0.2, 0) is 13.1 Å². The van der Waals surface area contributed by atoms with Crippen LogP contribution in [0.4, 0.5) is 0 Å². The second kappa shape index (κ2) is 7.76. The molecule has 2 aromatic heterocycles. The Morgan fingerprint density at radius 1 is 1.00 bits per heavy atom. The molecule has 6 heteroatoms. The third kappa shape index (κ3) is 4.27. The minimum absolute atomic E-state index is 0.251. The van der Waals surface area contributed by atoms with Gasteiger partial charge in [-0.1, -0.05) is 11.6 Å². The fraction of sp³-hybridized carbons (Fsp3) is 0.381. The van der Waals surface area contributed by atoms with Gasteiger partial charge in [0.25, 0.3) is 0 Å². The van der Waals surface area contributed by atoms with Crippen LogP contribution in [0, 0.1) is 13.8 Å². The van der Waals surface area contributed by atoms with Crippen LogP contribution in [0.15, 0.2) is 39.5 Å². The molecule has 3 heterocycles. The van der Waals surface area contributed by atoms with Crippen molar-refractivity contribution in [2.45, 2.75) is 26.9 Å². The Balaban J connectivity index is 1.46. The van der Waals surface area contributed by atoms with Crippen molar-refractivity contribution in [3.05, 3.63) is 66.7 Å². The molecule has 0 unspecified atom stereocenters. The number of benzene rings is 1. The average molecular weight is 405 g/mol. The predicted molar refractivity (Wildman–Crippen MR) is 110 cm³/mol. The number of aryl methyl sites for hydroxylation is 2. The molecule has 0 amide bonds. The number of piperazine rings is 1. The highest BCUT2D eigenvalue weighted by Crippen LogP contribution is 2.21. The summed E-state index contributed by atoms with van der Waals surface area (Å²) < 4.78 is 6.30. The van der Waals surface area contributed by atoms with Crippen LogP contribution in [0.3, 0.4) is 0 Å². The summed E-state index contributed by atoms with van der Waals surface area (Å²) in [6.07, 6.45) is 0. The largest absolute Gasteiger partial charge is 0.423 e. The maximum atomic E-state index is 12.0. The van der Waals surface area contributed by atoms with Crippen LogP contribution in [-0.4, -0.2) is 26.2 Å². The summed E-state index contributed by atoms with van der Waals surface area (Å²) >= 11 is 7.73. The molecule has 0 saturated carbocycles. The molecule has 1 aliphatic heterocycles. The molecule has 3 aromatic rings. The number of thiophene rings is 1. The fourth-order valence-corrected chi connectivity index (χ4v) is 5.06. The van der Waals surface area contributed by atoms with Crippen molar-refractivity contribution in [3.63, 3.8) is 0 Å². The number of fused-ring (bicyclic) bond motifs is 1. The maximum Gasteiger partial charge on any atom is 0.336 e. The van der Waals surface area contributed by atoms with E-state index in [2.05, 4.69) is 26.0 Å². The zero-order valence-corrected chi connectivity index (χ0v) is 17.3. The van der Waals surface area contributed by atoms with Gasteiger partial charge >= 0.3 is 5.63 Å². The lowest BCUT2D eigenvalue weighted by Crippen LogP contribution is -3.27. The Kier molecular flexibility index (Phi) is 5.37. The van der Waals surface area contributed by atoms with E-state index in [4.69, 9.17) is 16.0 Å². The molecule has 0 atom stereocenters. The second-order valence-corrected chi connectivity index (χ2v) is 9.38. The monoisotopic (exact) mass is 404 g/mol. The third-order valence-electron chi connectivity index (χ3n) is 5.60. The Morgan fingerprint density at radius 3 is 2.33 bits per heavy atom. The van der Waals surface area contributed by atoms with E-state index < -0.39 is 0 Å². The van der Waals surface area contributed by atoms with Crippen LogP contribution in [0.25, 0.3) is 11.0 Å². The number of quaternary nitrogens is 2. The smallest absolute Gasteiger partial charge is 0.336 e. The minimum Gasteiger partial charge on any atom is -0.423 e. The van der Waals surface area contributed by atoms with Gasteiger partial charge in [-0.15, -0.1) is 11.3 Å². The van der Waals surface area contributed by atoms with Crippen molar-refractivity contribution in [3.8, 4) is 0 Å². The fourth-order valence-electron chi connectivity index (χ4n) is 3.90. The molecule has 0 bridgehead atoms. The molecule has 0 radical (unpaired) electrons. The van der Waals surface area contributed by atoms with Crippen LogP contribution in [0.1, 0.15) is 21.6 Å². The number of hydrogen-bond donors (Lipinski definition) is 2. The summed E-state index contributed by atoms with van der Waals surface area (Å²) in [5, 5.41) is 1.08. The molecule has 1 fully saturated rings. The first-order valence-electron chi connectivity index (χ1n) is 9.43. The zero-order chi connectivity index (χ0) is 19.0. The van der Waals surface area contributed by atoms with E-state index in [-0.39, 0.29) is 5.63 Å². The Hall–Kier alpha value is -1.66. The number of halogens is 1. The van der Waals surface area contributed by atoms with E-state index in [0.717, 1.165) is 60.1 Å². The van der Waals surface area contributed by atoms with Crippen LogP contribution in [0.5, 0.6) is 0 Å². The summed E-state index contributed by atoms with van der Waals surface area (Å²) in [4.78, 5) is 16.5. The highest BCUT2D eigenvalue weighted by atomic mass is 35.5. The first-order chi connectivity index (χ1) is 13.0. The lowest BCUT2D eigenvalue weighted by Gasteiger charge is -2.29. The topological polar surface area (TPSA) is 39.1 Å². The Bertz CT molecular complexity index is 1020. The lowest BCUT2D eigenvalue weighted by atomic mass is 10.0. The molecular weight excluding hydrogens is 380 g/mol. The Morgan fingerprint density at radius 2 is 1.67 bits per heavy atom. The number of nitrogens with one attached hydrogen (secondary N) is 2. The highest BCUT2D eigenvalue weighted by Gasteiger charge is 2.24. The molecule has 142 valence electrons. The molecule has 27 heavy (non-hydrogen) atoms. The van der Waals surface area contributed by atoms with Gasteiger partial charge in [0.2, 0.25) is 0 Å². The summed E-state index contributed by atoms with van der Waals surface area (Å²) in [7, 11) is 0. The molecule has 0 spiro atoms. The molecule has 0 aliphatic carbocycles. The van der Waals surface area contributed by atoms with Gasteiger partial charge in [-0.25, -0.2) is 4.79 Å². The minimum atomic E-state index is -0.251. The van der Waals surface area contributed by atoms with E-state index in [1.165, 1.54) is 15.3 Å². The standard InChI is InChI=1S/C21H23ClN2O2S/c1-14-9-18-16(11-21(25)26-19(18)10-15(14)2)12-23-5-7-24(8-6-23)13-17-3-4-20(22)27-17/h3-4,9-11H,5-8,12-13H2,1-2H3/p+2. The van der Waals surface area contributed by atoms with Crippen LogP contribution >= 0.6 is 22.9 Å². The first-order valence-corrected chi connectivity index (χ1v) is 10.6. The van der Waals surface area contributed by atoms with E-state index >= 15 is 0 Å². The van der Waals surface area contributed by atoms with Gasteiger partial charge in [0, 0.05) is 17.0 Å². The van der Waals surface area contributed by atoms with Crippen molar-refractivity contribution in [1.82, 2.24) is 0 Å². The Labute approximate surface area is 168 Å². The molecule has 4 nitrogen and oxygen atoms in total. The average Bonchev–Trinajstić information content (AvgIpc) is 3.03. The van der Waals surface area contributed by atoms with Crippen molar-refractivity contribution in [2.24, 2.45) is 0 Å². The van der Waals surface area contributed by atoms with Gasteiger partial charge in [0.15, 0.2) is 0 Å².